The number of carbonyl (C=O) groups excluding carboxylic acids is 1. The van der Waals surface area contributed by atoms with Crippen LogP contribution in [0.15, 0.2) is 29.6 Å². The molecule has 0 spiro atoms. The number of hydrogen-bond donors (Lipinski definition) is 1. The molecule has 1 aromatic heterocycles. The molecule has 0 radical (unpaired) electrons. The van der Waals surface area contributed by atoms with E-state index in [1.807, 2.05) is 36.6 Å². The quantitative estimate of drug-likeness (QED) is 0.834. The molecule has 1 N–H and O–H groups in total. The summed E-state index contributed by atoms with van der Waals surface area (Å²) in [7, 11) is 0. The average Bonchev–Trinajstić information content (AvgIpc) is 3.23. The predicted octanol–water partition coefficient (Wildman–Crippen LogP) is 4.20. The molecule has 0 saturated carbocycles. The smallest absolute Gasteiger partial charge is 0.261 e. The second-order valence-electron chi connectivity index (χ2n) is 5.86. The van der Waals surface area contributed by atoms with Gasteiger partial charge in [-0.2, -0.15) is 0 Å². The zero-order valence-corrected chi connectivity index (χ0v) is 15.1. The molecule has 1 fully saturated rings. The molecule has 3 rings (SSSR count). The summed E-state index contributed by atoms with van der Waals surface area (Å²) in [6.45, 7) is 3.76. The standard InChI is InChI=1S/C18H20ClNO3S/c1-12-7-14(19)4-5-16(12)23-10-13-8-17(24-11-13)18(21)20-9-15-3-2-6-22-15/h4-5,7-8,11,15H,2-3,6,9-10H2,1H3,(H,20,21). The summed E-state index contributed by atoms with van der Waals surface area (Å²) in [5.41, 5.74) is 1.98. The summed E-state index contributed by atoms with van der Waals surface area (Å²) in [6, 6.07) is 7.41. The number of aryl methyl sites for hydroxylation is 1. The third-order valence-electron chi connectivity index (χ3n) is 3.92. The number of hydrogen-bond acceptors (Lipinski definition) is 4. The lowest BCUT2D eigenvalue weighted by atomic mass is 10.2. The summed E-state index contributed by atoms with van der Waals surface area (Å²) in [5, 5.41) is 5.58. The Balaban J connectivity index is 1.51. The van der Waals surface area contributed by atoms with E-state index >= 15 is 0 Å². The highest BCUT2D eigenvalue weighted by molar-refractivity contribution is 7.12. The molecule has 4 nitrogen and oxygen atoms in total. The summed E-state index contributed by atoms with van der Waals surface area (Å²) >= 11 is 7.37. The monoisotopic (exact) mass is 365 g/mol. The van der Waals surface area contributed by atoms with Gasteiger partial charge < -0.3 is 14.8 Å². The zero-order valence-electron chi connectivity index (χ0n) is 13.5. The Hall–Kier alpha value is -1.56. The Bertz CT molecular complexity index is 710. The Morgan fingerprint density at radius 1 is 1.46 bits per heavy atom. The van der Waals surface area contributed by atoms with Crippen LogP contribution in [-0.4, -0.2) is 25.2 Å². The predicted molar refractivity (Wildman–Crippen MR) is 96.1 cm³/mol. The van der Waals surface area contributed by atoms with Gasteiger partial charge in [0.15, 0.2) is 0 Å². The van der Waals surface area contributed by atoms with Crippen molar-refractivity contribution in [1.82, 2.24) is 5.32 Å². The molecule has 6 heteroatoms. The molecule has 1 aliphatic heterocycles. The molecule has 128 valence electrons. The van der Waals surface area contributed by atoms with E-state index < -0.39 is 0 Å². The van der Waals surface area contributed by atoms with Crippen molar-refractivity contribution in [2.24, 2.45) is 0 Å². The van der Waals surface area contributed by atoms with Crippen LogP contribution in [0.1, 0.15) is 33.6 Å². The first-order chi connectivity index (χ1) is 11.6. The first-order valence-corrected chi connectivity index (χ1v) is 9.24. The number of thiophene rings is 1. The molecule has 1 saturated heterocycles. The van der Waals surface area contributed by atoms with Crippen LogP contribution in [0, 0.1) is 6.92 Å². The van der Waals surface area contributed by atoms with Gasteiger partial charge in [-0.3, -0.25) is 4.79 Å². The Morgan fingerprint density at radius 3 is 3.08 bits per heavy atom. The highest BCUT2D eigenvalue weighted by atomic mass is 35.5. The van der Waals surface area contributed by atoms with Gasteiger partial charge in [0.1, 0.15) is 12.4 Å². The molecule has 1 unspecified atom stereocenters. The van der Waals surface area contributed by atoms with E-state index in [4.69, 9.17) is 21.1 Å². The molecule has 24 heavy (non-hydrogen) atoms. The summed E-state index contributed by atoms with van der Waals surface area (Å²) in [6.07, 6.45) is 2.25. The van der Waals surface area contributed by atoms with E-state index in [1.54, 1.807) is 0 Å². The van der Waals surface area contributed by atoms with Crippen molar-refractivity contribution in [3.05, 3.63) is 50.7 Å². The third kappa shape index (κ3) is 4.50. The van der Waals surface area contributed by atoms with Crippen LogP contribution in [0.2, 0.25) is 5.02 Å². The molecule has 2 aromatic rings. The second-order valence-corrected chi connectivity index (χ2v) is 7.21. The van der Waals surface area contributed by atoms with Crippen molar-refractivity contribution in [2.45, 2.75) is 32.5 Å². The highest BCUT2D eigenvalue weighted by Crippen LogP contribution is 2.24. The van der Waals surface area contributed by atoms with E-state index in [0.717, 1.165) is 36.3 Å². The lowest BCUT2D eigenvalue weighted by Crippen LogP contribution is -2.31. The van der Waals surface area contributed by atoms with Gasteiger partial charge in [-0.1, -0.05) is 11.6 Å². The van der Waals surface area contributed by atoms with E-state index in [2.05, 4.69) is 5.32 Å². The molecule has 0 bridgehead atoms. The van der Waals surface area contributed by atoms with Gasteiger partial charge in [-0.05, 0) is 55.0 Å². The van der Waals surface area contributed by atoms with E-state index in [-0.39, 0.29) is 12.0 Å². The summed E-state index contributed by atoms with van der Waals surface area (Å²) < 4.78 is 11.3. The van der Waals surface area contributed by atoms with Gasteiger partial charge in [0, 0.05) is 23.7 Å². The number of halogens is 1. The molecule has 1 amide bonds. The van der Waals surface area contributed by atoms with Gasteiger partial charge in [0.05, 0.1) is 11.0 Å². The van der Waals surface area contributed by atoms with Crippen LogP contribution >= 0.6 is 22.9 Å². The third-order valence-corrected chi connectivity index (χ3v) is 5.14. The van der Waals surface area contributed by atoms with Gasteiger partial charge in [0.2, 0.25) is 0 Å². The Morgan fingerprint density at radius 2 is 2.33 bits per heavy atom. The summed E-state index contributed by atoms with van der Waals surface area (Å²) in [5.74, 6) is 0.749. The van der Waals surface area contributed by atoms with Crippen molar-refractivity contribution in [2.75, 3.05) is 13.2 Å². The fourth-order valence-electron chi connectivity index (χ4n) is 2.61. The van der Waals surface area contributed by atoms with Crippen molar-refractivity contribution in [3.63, 3.8) is 0 Å². The lowest BCUT2D eigenvalue weighted by molar-refractivity contribution is 0.0861. The van der Waals surface area contributed by atoms with Gasteiger partial charge >= 0.3 is 0 Å². The molecular formula is C18H20ClNO3S. The van der Waals surface area contributed by atoms with Crippen molar-refractivity contribution < 1.29 is 14.3 Å². The van der Waals surface area contributed by atoms with E-state index in [9.17, 15) is 4.79 Å². The average molecular weight is 366 g/mol. The lowest BCUT2D eigenvalue weighted by Gasteiger charge is -2.09. The maximum Gasteiger partial charge on any atom is 0.261 e. The highest BCUT2D eigenvalue weighted by Gasteiger charge is 2.17. The molecule has 0 aliphatic carbocycles. The van der Waals surface area contributed by atoms with Crippen molar-refractivity contribution in [3.8, 4) is 5.75 Å². The van der Waals surface area contributed by atoms with Gasteiger partial charge in [-0.25, -0.2) is 0 Å². The van der Waals surface area contributed by atoms with Crippen LogP contribution in [-0.2, 0) is 11.3 Å². The first kappa shape index (κ1) is 17.3. The normalized spacial score (nSPS) is 17.0. The van der Waals surface area contributed by atoms with Crippen LogP contribution in [0.4, 0.5) is 0 Å². The van der Waals surface area contributed by atoms with Gasteiger partial charge in [0.25, 0.3) is 5.91 Å². The maximum absolute atomic E-state index is 12.2. The first-order valence-electron chi connectivity index (χ1n) is 7.98. The molecule has 2 heterocycles. The van der Waals surface area contributed by atoms with Crippen molar-refractivity contribution in [1.29, 1.82) is 0 Å². The summed E-state index contributed by atoms with van der Waals surface area (Å²) in [4.78, 5) is 12.9. The van der Waals surface area contributed by atoms with E-state index in [1.165, 1.54) is 11.3 Å². The SMILES string of the molecule is Cc1cc(Cl)ccc1OCc1csc(C(=O)NCC2CCCO2)c1. The van der Waals surface area contributed by atoms with Crippen LogP contribution < -0.4 is 10.1 Å². The minimum Gasteiger partial charge on any atom is -0.489 e. The largest absolute Gasteiger partial charge is 0.489 e. The Labute approximate surface area is 150 Å². The number of rotatable bonds is 6. The topological polar surface area (TPSA) is 47.6 Å². The molecular weight excluding hydrogens is 346 g/mol. The fourth-order valence-corrected chi connectivity index (χ4v) is 3.64. The second kappa shape index (κ2) is 8.01. The van der Waals surface area contributed by atoms with Crippen LogP contribution in [0.5, 0.6) is 5.75 Å². The van der Waals surface area contributed by atoms with E-state index in [0.29, 0.717) is 23.1 Å². The minimum absolute atomic E-state index is 0.0515. The number of ether oxygens (including phenoxy) is 2. The molecule has 1 atom stereocenters. The molecule has 1 aliphatic rings. The fraction of sp³-hybridized carbons (Fsp3) is 0.389. The number of carbonyl (C=O) groups is 1. The zero-order chi connectivity index (χ0) is 16.9. The van der Waals surface area contributed by atoms with Crippen molar-refractivity contribution >= 4 is 28.8 Å². The number of nitrogens with one attached hydrogen (secondary N) is 1. The number of amides is 1. The maximum atomic E-state index is 12.2. The van der Waals surface area contributed by atoms with Crippen LogP contribution in [0.25, 0.3) is 0 Å². The molecule has 1 aromatic carbocycles. The van der Waals surface area contributed by atoms with Gasteiger partial charge in [-0.15, -0.1) is 11.3 Å². The minimum atomic E-state index is -0.0515. The Kier molecular flexibility index (Phi) is 5.76. The van der Waals surface area contributed by atoms with Crippen LogP contribution in [0.3, 0.4) is 0 Å². The number of benzene rings is 1.